The molecule has 2 rings (SSSR count). The summed E-state index contributed by atoms with van der Waals surface area (Å²) in [5.41, 5.74) is 0.715. The highest BCUT2D eigenvalue weighted by Gasteiger charge is 2.43. The molecular weight excluding hydrogens is 214 g/mol. The van der Waals surface area contributed by atoms with Gasteiger partial charge in [0.05, 0.1) is 5.38 Å². The van der Waals surface area contributed by atoms with Crippen molar-refractivity contribution in [1.82, 2.24) is 0 Å². The fourth-order valence-corrected chi connectivity index (χ4v) is 1.35. The van der Waals surface area contributed by atoms with Crippen LogP contribution in [0.1, 0.15) is 17.9 Å². The summed E-state index contributed by atoms with van der Waals surface area (Å²) in [6, 6.07) is 4.50. The van der Waals surface area contributed by atoms with Gasteiger partial charge < -0.3 is 9.47 Å². The quantitative estimate of drug-likeness (QED) is 0.676. The third-order valence-electron chi connectivity index (χ3n) is 1.88. The fourth-order valence-electron chi connectivity index (χ4n) is 1.21. The summed E-state index contributed by atoms with van der Waals surface area (Å²) in [5, 5.41) is -0.252. The molecule has 0 saturated heterocycles. The lowest BCUT2D eigenvalue weighted by Crippen LogP contribution is -2.25. The summed E-state index contributed by atoms with van der Waals surface area (Å²) in [7, 11) is 0. The van der Waals surface area contributed by atoms with E-state index in [1.165, 1.54) is 12.1 Å². The molecule has 76 valence electrons. The Morgan fingerprint density at radius 1 is 1.29 bits per heavy atom. The van der Waals surface area contributed by atoms with Crippen LogP contribution in [0.4, 0.5) is 8.78 Å². The van der Waals surface area contributed by atoms with E-state index in [0.717, 1.165) is 0 Å². The zero-order valence-corrected chi connectivity index (χ0v) is 8.02. The van der Waals surface area contributed by atoms with Crippen LogP contribution in [0.2, 0.25) is 0 Å². The molecule has 1 aliphatic rings. The van der Waals surface area contributed by atoms with Crippen molar-refractivity contribution in [2.24, 2.45) is 0 Å². The monoisotopic (exact) mass is 220 g/mol. The van der Waals surface area contributed by atoms with Gasteiger partial charge in [-0.25, -0.2) is 0 Å². The number of alkyl halides is 3. The number of ether oxygens (including phenoxy) is 2. The highest BCUT2D eigenvalue weighted by Crippen LogP contribution is 2.42. The molecule has 0 radical (unpaired) electrons. The second kappa shape index (κ2) is 2.98. The Bertz CT molecular complexity index is 366. The Morgan fingerprint density at radius 3 is 2.57 bits per heavy atom. The molecule has 1 aliphatic heterocycles. The number of benzene rings is 1. The van der Waals surface area contributed by atoms with Crippen molar-refractivity contribution in [3.63, 3.8) is 0 Å². The van der Waals surface area contributed by atoms with E-state index in [1.807, 2.05) is 0 Å². The molecule has 0 N–H and O–H groups in total. The average molecular weight is 221 g/mol. The van der Waals surface area contributed by atoms with Crippen molar-refractivity contribution in [3.8, 4) is 11.5 Å². The first-order valence-corrected chi connectivity index (χ1v) is 4.45. The third-order valence-corrected chi connectivity index (χ3v) is 2.14. The number of halogens is 3. The molecule has 0 unspecified atom stereocenters. The van der Waals surface area contributed by atoms with Crippen LogP contribution in [0.15, 0.2) is 18.2 Å². The minimum absolute atomic E-state index is 0.0278. The van der Waals surface area contributed by atoms with E-state index in [1.54, 1.807) is 13.0 Å². The van der Waals surface area contributed by atoms with Gasteiger partial charge in [-0.3, -0.25) is 0 Å². The van der Waals surface area contributed by atoms with E-state index < -0.39 is 6.29 Å². The molecule has 0 saturated carbocycles. The van der Waals surface area contributed by atoms with Gasteiger partial charge in [-0.15, -0.1) is 20.4 Å². The van der Waals surface area contributed by atoms with Crippen LogP contribution in [0.25, 0.3) is 0 Å². The summed E-state index contributed by atoms with van der Waals surface area (Å²) in [6.07, 6.45) is -3.56. The Balaban J connectivity index is 2.36. The highest BCUT2D eigenvalue weighted by atomic mass is 35.5. The van der Waals surface area contributed by atoms with Crippen LogP contribution in [0.5, 0.6) is 11.5 Å². The van der Waals surface area contributed by atoms with Gasteiger partial charge in [-0.05, 0) is 24.6 Å². The molecule has 0 amide bonds. The average Bonchev–Trinajstić information content (AvgIpc) is 2.36. The van der Waals surface area contributed by atoms with Crippen molar-refractivity contribution in [1.29, 1.82) is 0 Å². The number of fused-ring (bicyclic) bond motifs is 1. The molecule has 1 heterocycles. The van der Waals surface area contributed by atoms with Crippen molar-refractivity contribution < 1.29 is 18.3 Å². The summed E-state index contributed by atoms with van der Waals surface area (Å²) < 4.78 is 33.7. The maximum Gasteiger partial charge on any atom is 0.586 e. The van der Waals surface area contributed by atoms with Gasteiger partial charge in [0.15, 0.2) is 11.5 Å². The minimum Gasteiger partial charge on any atom is -0.395 e. The molecule has 5 heteroatoms. The number of hydrogen-bond acceptors (Lipinski definition) is 2. The number of hydrogen-bond donors (Lipinski definition) is 0. The van der Waals surface area contributed by atoms with Gasteiger partial charge in [0, 0.05) is 0 Å². The molecule has 0 aromatic heterocycles. The smallest absolute Gasteiger partial charge is 0.395 e. The van der Waals surface area contributed by atoms with Gasteiger partial charge in [-0.2, -0.15) is 0 Å². The molecule has 2 nitrogen and oxygen atoms in total. The first kappa shape index (κ1) is 9.52. The summed E-state index contributed by atoms with van der Waals surface area (Å²) in [4.78, 5) is 0. The molecule has 1 aromatic carbocycles. The Labute approximate surface area is 84.4 Å². The highest BCUT2D eigenvalue weighted by molar-refractivity contribution is 6.20. The normalized spacial score (nSPS) is 19.4. The molecule has 0 bridgehead atoms. The maximum atomic E-state index is 12.6. The minimum atomic E-state index is -3.56. The lowest BCUT2D eigenvalue weighted by atomic mass is 10.1. The number of rotatable bonds is 1. The SMILES string of the molecule is C[C@H](Cl)c1ccc2c(c1)OC(F)(F)O2. The zero-order valence-electron chi connectivity index (χ0n) is 7.26. The van der Waals surface area contributed by atoms with Crippen LogP contribution < -0.4 is 9.47 Å². The predicted molar refractivity (Wildman–Crippen MR) is 46.9 cm³/mol. The van der Waals surface area contributed by atoms with E-state index in [0.29, 0.717) is 5.56 Å². The van der Waals surface area contributed by atoms with Crippen LogP contribution in [0, 0.1) is 0 Å². The fraction of sp³-hybridized carbons (Fsp3) is 0.333. The molecule has 0 aliphatic carbocycles. The van der Waals surface area contributed by atoms with E-state index in [4.69, 9.17) is 11.6 Å². The topological polar surface area (TPSA) is 18.5 Å². The van der Waals surface area contributed by atoms with E-state index >= 15 is 0 Å². The Kier molecular flexibility index (Phi) is 2.03. The zero-order chi connectivity index (χ0) is 10.3. The molecular formula is C9H7ClF2O2. The second-order valence-corrected chi connectivity index (χ2v) is 3.64. The second-order valence-electron chi connectivity index (χ2n) is 2.99. The van der Waals surface area contributed by atoms with Crippen molar-refractivity contribution in [2.45, 2.75) is 18.6 Å². The largest absolute Gasteiger partial charge is 0.586 e. The van der Waals surface area contributed by atoms with E-state index in [2.05, 4.69) is 9.47 Å². The van der Waals surface area contributed by atoms with Crippen molar-refractivity contribution >= 4 is 11.6 Å². The summed E-state index contributed by atoms with van der Waals surface area (Å²) in [5.74, 6) is 0.0658. The maximum absolute atomic E-state index is 12.6. The molecule has 1 atom stereocenters. The van der Waals surface area contributed by atoms with Crippen molar-refractivity contribution in [2.75, 3.05) is 0 Å². The molecule has 0 fully saturated rings. The first-order valence-electron chi connectivity index (χ1n) is 4.02. The van der Waals surface area contributed by atoms with E-state index in [9.17, 15) is 8.78 Å². The standard InChI is InChI=1S/C9H7ClF2O2/c1-5(10)6-2-3-7-8(4-6)14-9(11,12)13-7/h2-5H,1H3/t5-/m0/s1. The first-order chi connectivity index (χ1) is 6.48. The van der Waals surface area contributed by atoms with Gasteiger partial charge in [0.2, 0.25) is 0 Å². The third kappa shape index (κ3) is 1.62. The van der Waals surface area contributed by atoms with Crippen LogP contribution in [-0.2, 0) is 0 Å². The van der Waals surface area contributed by atoms with Gasteiger partial charge in [-0.1, -0.05) is 6.07 Å². The Morgan fingerprint density at radius 2 is 1.93 bits per heavy atom. The van der Waals surface area contributed by atoms with Crippen molar-refractivity contribution in [3.05, 3.63) is 23.8 Å². The lowest BCUT2D eigenvalue weighted by Gasteiger charge is -2.04. The van der Waals surface area contributed by atoms with Gasteiger partial charge >= 0.3 is 6.29 Å². The lowest BCUT2D eigenvalue weighted by molar-refractivity contribution is -0.286. The van der Waals surface area contributed by atoms with Crippen LogP contribution in [0.3, 0.4) is 0 Å². The van der Waals surface area contributed by atoms with E-state index in [-0.39, 0.29) is 16.9 Å². The Hall–Kier alpha value is -1.03. The molecule has 1 aromatic rings. The predicted octanol–water partition coefficient (Wildman–Crippen LogP) is 3.31. The van der Waals surface area contributed by atoms with Crippen LogP contribution >= 0.6 is 11.6 Å². The van der Waals surface area contributed by atoms with Crippen LogP contribution in [-0.4, -0.2) is 6.29 Å². The summed E-state index contributed by atoms with van der Waals surface area (Å²) >= 11 is 5.79. The molecule has 14 heavy (non-hydrogen) atoms. The molecule has 0 spiro atoms. The van der Waals surface area contributed by atoms with Gasteiger partial charge in [0.1, 0.15) is 0 Å². The summed E-state index contributed by atoms with van der Waals surface area (Å²) in [6.45, 7) is 1.75. The van der Waals surface area contributed by atoms with Gasteiger partial charge in [0.25, 0.3) is 0 Å².